The Labute approximate surface area is 173 Å². The molecule has 7 rings (SSSR count). The largest absolute Gasteiger partial charge is 0.355 e. The molecule has 142 valence electrons. The first-order valence-electron chi connectivity index (χ1n) is 10.2. The number of aromatic nitrogens is 2. The SMILES string of the molecule is c1ccc2c(c1)[nH]c1ccccc12.c1ccc2c(c1)ccc1c3ccccc3[nH]c21. The quantitative estimate of drug-likeness (QED) is 0.267. The molecule has 0 saturated heterocycles. The van der Waals surface area contributed by atoms with Crippen LogP contribution < -0.4 is 0 Å². The first kappa shape index (κ1) is 16.9. The smallest absolute Gasteiger partial charge is 0.0544 e. The van der Waals surface area contributed by atoms with Crippen LogP contribution in [0.25, 0.3) is 54.4 Å². The summed E-state index contributed by atoms with van der Waals surface area (Å²) >= 11 is 0. The van der Waals surface area contributed by atoms with Gasteiger partial charge in [0.05, 0.1) is 5.52 Å². The van der Waals surface area contributed by atoms with Gasteiger partial charge in [0.2, 0.25) is 0 Å². The Kier molecular flexibility index (Phi) is 3.82. The van der Waals surface area contributed by atoms with Gasteiger partial charge in [-0.3, -0.25) is 0 Å². The van der Waals surface area contributed by atoms with Crippen LogP contribution in [0.5, 0.6) is 0 Å². The maximum absolute atomic E-state index is 3.52. The summed E-state index contributed by atoms with van der Waals surface area (Å²) in [7, 11) is 0. The third kappa shape index (κ3) is 2.66. The predicted octanol–water partition coefficient (Wildman–Crippen LogP) is 7.80. The Morgan fingerprint density at radius 1 is 0.333 bits per heavy atom. The van der Waals surface area contributed by atoms with Crippen LogP contribution in [0.1, 0.15) is 0 Å². The summed E-state index contributed by atoms with van der Waals surface area (Å²) < 4.78 is 0. The lowest BCUT2D eigenvalue weighted by molar-refractivity contribution is 1.55. The fourth-order valence-electron chi connectivity index (χ4n) is 4.39. The molecular weight excluding hydrogens is 364 g/mol. The molecule has 2 nitrogen and oxygen atoms in total. The Balaban J connectivity index is 0.000000121. The van der Waals surface area contributed by atoms with Crippen molar-refractivity contribution in [2.75, 3.05) is 0 Å². The van der Waals surface area contributed by atoms with E-state index in [-0.39, 0.29) is 0 Å². The Bertz CT molecular complexity index is 1600. The summed E-state index contributed by atoms with van der Waals surface area (Å²) in [6.07, 6.45) is 0. The lowest BCUT2D eigenvalue weighted by atomic mass is 10.1. The zero-order chi connectivity index (χ0) is 19.9. The minimum Gasteiger partial charge on any atom is -0.355 e. The van der Waals surface area contributed by atoms with E-state index < -0.39 is 0 Å². The van der Waals surface area contributed by atoms with Gasteiger partial charge in [0.15, 0.2) is 0 Å². The van der Waals surface area contributed by atoms with E-state index in [9.17, 15) is 0 Å². The number of nitrogens with one attached hydrogen (secondary N) is 2. The summed E-state index contributed by atoms with van der Waals surface area (Å²) in [4.78, 5) is 6.90. The molecule has 0 atom stereocenters. The van der Waals surface area contributed by atoms with Crippen molar-refractivity contribution >= 4 is 54.4 Å². The maximum atomic E-state index is 3.52. The van der Waals surface area contributed by atoms with Crippen LogP contribution in [-0.2, 0) is 0 Å². The van der Waals surface area contributed by atoms with Crippen LogP contribution in [0.4, 0.5) is 0 Å². The molecule has 0 unspecified atom stereocenters. The lowest BCUT2D eigenvalue weighted by Gasteiger charge is -1.98. The molecule has 5 aromatic carbocycles. The molecule has 0 bridgehead atoms. The van der Waals surface area contributed by atoms with Crippen molar-refractivity contribution in [3.05, 3.63) is 109 Å². The molecule has 2 aromatic heterocycles. The molecule has 2 heterocycles. The average Bonchev–Trinajstić information content (AvgIpc) is 3.38. The normalized spacial score (nSPS) is 11.3. The molecule has 0 radical (unpaired) electrons. The summed E-state index contributed by atoms with van der Waals surface area (Å²) in [6, 6.07) is 38.1. The highest BCUT2D eigenvalue weighted by Gasteiger charge is 2.06. The first-order valence-corrected chi connectivity index (χ1v) is 10.2. The van der Waals surface area contributed by atoms with Crippen molar-refractivity contribution in [2.45, 2.75) is 0 Å². The number of fused-ring (bicyclic) bond motifs is 8. The zero-order valence-corrected chi connectivity index (χ0v) is 16.4. The molecule has 7 aromatic rings. The van der Waals surface area contributed by atoms with Crippen LogP contribution >= 0.6 is 0 Å². The molecule has 30 heavy (non-hydrogen) atoms. The van der Waals surface area contributed by atoms with E-state index in [0.717, 1.165) is 0 Å². The number of hydrogen-bond donors (Lipinski definition) is 2. The van der Waals surface area contributed by atoms with Gasteiger partial charge in [0, 0.05) is 43.5 Å². The van der Waals surface area contributed by atoms with E-state index in [1.165, 1.54) is 54.4 Å². The molecule has 0 aliphatic carbocycles. The standard InChI is InChI=1S/C16H11N.C12H9N/c1-2-6-12-11(5-1)9-10-14-13-7-3-4-8-15(13)17-16(12)14;1-3-7-11-9(5-1)10-6-2-4-8-12(10)13-11/h1-10,17H;1-8,13H. The minimum absolute atomic E-state index is 1.21. The van der Waals surface area contributed by atoms with Gasteiger partial charge in [-0.1, -0.05) is 91.0 Å². The monoisotopic (exact) mass is 384 g/mol. The molecule has 0 saturated carbocycles. The van der Waals surface area contributed by atoms with Crippen molar-refractivity contribution in [1.82, 2.24) is 9.97 Å². The highest BCUT2D eigenvalue weighted by Crippen LogP contribution is 2.30. The van der Waals surface area contributed by atoms with E-state index in [1.54, 1.807) is 0 Å². The molecule has 2 N–H and O–H groups in total. The fraction of sp³-hybridized carbons (Fsp3) is 0. The molecule has 0 fully saturated rings. The Morgan fingerprint density at radius 2 is 0.800 bits per heavy atom. The topological polar surface area (TPSA) is 31.6 Å². The summed E-state index contributed by atoms with van der Waals surface area (Å²) in [5.74, 6) is 0. The molecule has 0 spiro atoms. The molecule has 0 aliphatic heterocycles. The number of hydrogen-bond acceptors (Lipinski definition) is 0. The Morgan fingerprint density at radius 3 is 1.43 bits per heavy atom. The summed E-state index contributed by atoms with van der Waals surface area (Å²) in [5.41, 5.74) is 4.87. The molecule has 0 amide bonds. The second-order valence-corrected chi connectivity index (χ2v) is 7.60. The third-order valence-electron chi connectivity index (χ3n) is 5.82. The van der Waals surface area contributed by atoms with Gasteiger partial charge in [-0.25, -0.2) is 0 Å². The van der Waals surface area contributed by atoms with Crippen LogP contribution in [0.15, 0.2) is 109 Å². The molecule has 0 aliphatic rings. The number of H-pyrrole nitrogens is 2. The van der Waals surface area contributed by atoms with Crippen molar-refractivity contribution in [3.63, 3.8) is 0 Å². The van der Waals surface area contributed by atoms with Crippen LogP contribution in [0, 0.1) is 0 Å². The van der Waals surface area contributed by atoms with Gasteiger partial charge < -0.3 is 9.97 Å². The van der Waals surface area contributed by atoms with E-state index in [4.69, 9.17) is 0 Å². The molecule has 2 heteroatoms. The van der Waals surface area contributed by atoms with Gasteiger partial charge in [0.25, 0.3) is 0 Å². The van der Waals surface area contributed by atoms with Crippen molar-refractivity contribution in [3.8, 4) is 0 Å². The lowest BCUT2D eigenvalue weighted by Crippen LogP contribution is -1.74. The van der Waals surface area contributed by atoms with Crippen LogP contribution in [-0.4, -0.2) is 9.97 Å². The maximum Gasteiger partial charge on any atom is 0.0544 e. The highest BCUT2D eigenvalue weighted by atomic mass is 14.7. The average molecular weight is 384 g/mol. The van der Waals surface area contributed by atoms with Gasteiger partial charge >= 0.3 is 0 Å². The Hall–Kier alpha value is -4.04. The van der Waals surface area contributed by atoms with E-state index in [0.29, 0.717) is 0 Å². The third-order valence-corrected chi connectivity index (χ3v) is 5.82. The van der Waals surface area contributed by atoms with Gasteiger partial charge in [-0.15, -0.1) is 0 Å². The minimum atomic E-state index is 1.21. The second-order valence-electron chi connectivity index (χ2n) is 7.60. The number of benzene rings is 5. The van der Waals surface area contributed by atoms with Gasteiger partial charge in [-0.2, -0.15) is 0 Å². The summed E-state index contributed by atoms with van der Waals surface area (Å²) in [6.45, 7) is 0. The highest BCUT2D eigenvalue weighted by molar-refractivity contribution is 6.16. The van der Waals surface area contributed by atoms with Crippen molar-refractivity contribution < 1.29 is 0 Å². The van der Waals surface area contributed by atoms with E-state index >= 15 is 0 Å². The molecular formula is C28H20N2. The second kappa shape index (κ2) is 6.78. The van der Waals surface area contributed by atoms with Gasteiger partial charge in [0.1, 0.15) is 0 Å². The number of rotatable bonds is 0. The summed E-state index contributed by atoms with van der Waals surface area (Å²) in [5, 5.41) is 7.79. The van der Waals surface area contributed by atoms with Gasteiger partial charge in [-0.05, 0) is 23.6 Å². The van der Waals surface area contributed by atoms with Crippen LogP contribution in [0.3, 0.4) is 0 Å². The van der Waals surface area contributed by atoms with E-state index in [2.05, 4.69) is 119 Å². The zero-order valence-electron chi connectivity index (χ0n) is 16.4. The number of para-hydroxylation sites is 3. The van der Waals surface area contributed by atoms with E-state index in [1.807, 2.05) is 0 Å². The van der Waals surface area contributed by atoms with Crippen LogP contribution in [0.2, 0.25) is 0 Å². The van der Waals surface area contributed by atoms with Crippen molar-refractivity contribution in [1.29, 1.82) is 0 Å². The first-order chi connectivity index (χ1) is 14.9. The fourth-order valence-corrected chi connectivity index (χ4v) is 4.39. The number of aromatic amines is 2. The predicted molar refractivity (Wildman–Crippen MR) is 129 cm³/mol. The van der Waals surface area contributed by atoms with Crippen molar-refractivity contribution in [2.24, 2.45) is 0 Å².